The van der Waals surface area contributed by atoms with Gasteiger partial charge in [0.2, 0.25) is 0 Å². The Morgan fingerprint density at radius 1 is 0.963 bits per heavy atom. The van der Waals surface area contributed by atoms with Crippen LogP contribution in [0.5, 0.6) is 5.75 Å². The van der Waals surface area contributed by atoms with E-state index in [1.165, 1.54) is 9.75 Å². The number of hydrogen-bond acceptors (Lipinski definition) is 3. The Hall–Kier alpha value is -2.62. The Morgan fingerprint density at radius 2 is 1.85 bits per heavy atom. The van der Waals surface area contributed by atoms with E-state index in [1.807, 2.05) is 54.6 Å². The van der Waals surface area contributed by atoms with Crippen LogP contribution in [0.1, 0.15) is 21.0 Å². The number of hydrogen-bond donors (Lipinski definition) is 0. The van der Waals surface area contributed by atoms with Crippen LogP contribution in [-0.2, 0) is 6.61 Å². The average Bonchev–Trinajstić information content (AvgIpc) is 3.11. The molecule has 4 aromatic rings. The summed E-state index contributed by atoms with van der Waals surface area (Å²) in [6, 6.07) is 22.0. The summed E-state index contributed by atoms with van der Waals surface area (Å²) in [6.45, 7) is 2.52. The molecule has 27 heavy (non-hydrogen) atoms. The van der Waals surface area contributed by atoms with Gasteiger partial charge in [-0.15, -0.1) is 11.3 Å². The minimum Gasteiger partial charge on any atom is -0.487 e. The maximum atomic E-state index is 6.23. The fourth-order valence-corrected chi connectivity index (χ4v) is 3.80. The molecule has 0 aliphatic carbocycles. The third-order valence-corrected chi connectivity index (χ3v) is 5.56. The molecule has 0 N–H and O–H groups in total. The van der Waals surface area contributed by atoms with E-state index in [-0.39, 0.29) is 0 Å². The maximum absolute atomic E-state index is 6.23. The molecular weight excluding hydrogens is 374 g/mol. The van der Waals surface area contributed by atoms with Crippen molar-refractivity contribution in [2.45, 2.75) is 13.5 Å². The summed E-state index contributed by atoms with van der Waals surface area (Å²) in [4.78, 5) is 7.31. The van der Waals surface area contributed by atoms with Crippen molar-refractivity contribution >= 4 is 46.0 Å². The molecule has 0 amide bonds. The molecule has 2 aromatic carbocycles. The van der Waals surface area contributed by atoms with Crippen LogP contribution in [0, 0.1) is 6.92 Å². The van der Waals surface area contributed by atoms with Crippen molar-refractivity contribution in [1.29, 1.82) is 0 Å². The number of benzene rings is 2. The molecule has 0 radical (unpaired) electrons. The highest BCUT2D eigenvalue weighted by molar-refractivity contribution is 7.12. The monoisotopic (exact) mass is 391 g/mol. The molecular formula is C23H18ClNOS. The highest BCUT2D eigenvalue weighted by Crippen LogP contribution is 2.27. The van der Waals surface area contributed by atoms with Gasteiger partial charge in [-0.05, 0) is 49.4 Å². The number of nitrogens with zero attached hydrogens (tertiary/aromatic N) is 1. The van der Waals surface area contributed by atoms with Crippen LogP contribution in [0.4, 0.5) is 0 Å². The van der Waals surface area contributed by atoms with Crippen LogP contribution in [0.3, 0.4) is 0 Å². The fourth-order valence-electron chi connectivity index (χ4n) is 2.83. The van der Waals surface area contributed by atoms with Gasteiger partial charge in [-0.1, -0.05) is 48.0 Å². The van der Waals surface area contributed by atoms with Gasteiger partial charge in [0.1, 0.15) is 17.9 Å². The van der Waals surface area contributed by atoms with E-state index in [9.17, 15) is 0 Å². The number of aryl methyl sites for hydroxylation is 1. The number of halogens is 1. The Balaban J connectivity index is 1.61. The normalized spacial score (nSPS) is 11.3. The van der Waals surface area contributed by atoms with Crippen LogP contribution < -0.4 is 4.74 Å². The lowest BCUT2D eigenvalue weighted by atomic mass is 10.2. The van der Waals surface area contributed by atoms with Crippen molar-refractivity contribution in [1.82, 2.24) is 4.98 Å². The lowest BCUT2D eigenvalue weighted by Gasteiger charge is -2.10. The number of thiophene rings is 1. The molecule has 2 nitrogen and oxygen atoms in total. The van der Waals surface area contributed by atoms with E-state index in [2.05, 4.69) is 31.2 Å². The van der Waals surface area contributed by atoms with Crippen LogP contribution in [0.25, 0.3) is 23.1 Å². The molecule has 2 heterocycles. The zero-order valence-corrected chi connectivity index (χ0v) is 16.4. The summed E-state index contributed by atoms with van der Waals surface area (Å²) in [7, 11) is 0. The zero-order chi connectivity index (χ0) is 18.6. The lowest BCUT2D eigenvalue weighted by Crippen LogP contribution is -1.97. The van der Waals surface area contributed by atoms with Gasteiger partial charge in [0, 0.05) is 25.7 Å². The Labute approximate surface area is 167 Å². The first kappa shape index (κ1) is 17.8. The van der Waals surface area contributed by atoms with Gasteiger partial charge in [0.15, 0.2) is 0 Å². The second kappa shape index (κ2) is 7.95. The highest BCUT2D eigenvalue weighted by Gasteiger charge is 2.06. The Bertz CT molecular complexity index is 1120. The molecule has 0 fully saturated rings. The molecule has 0 atom stereocenters. The number of aromatic nitrogens is 1. The molecule has 2 aromatic heterocycles. The van der Waals surface area contributed by atoms with Crippen LogP contribution >= 0.6 is 22.9 Å². The van der Waals surface area contributed by atoms with Gasteiger partial charge >= 0.3 is 0 Å². The maximum Gasteiger partial charge on any atom is 0.146 e. The van der Waals surface area contributed by atoms with Crippen molar-refractivity contribution in [3.63, 3.8) is 0 Å². The molecule has 0 bridgehead atoms. The SMILES string of the molecule is Cc1ccc(/C=C/c2ccc3cccc(OCc4ccccc4Cl)c3n2)s1. The summed E-state index contributed by atoms with van der Waals surface area (Å²) >= 11 is 8.00. The summed E-state index contributed by atoms with van der Waals surface area (Å²) in [5.74, 6) is 0.759. The Morgan fingerprint density at radius 3 is 2.67 bits per heavy atom. The first-order chi connectivity index (χ1) is 13.2. The minimum atomic E-state index is 0.412. The molecule has 4 heteroatoms. The number of ether oxygens (including phenoxy) is 1. The molecule has 0 aliphatic heterocycles. The number of para-hydroxylation sites is 1. The third kappa shape index (κ3) is 4.21. The van der Waals surface area contributed by atoms with Gasteiger partial charge in [-0.2, -0.15) is 0 Å². The van der Waals surface area contributed by atoms with Gasteiger partial charge in [0.05, 0.1) is 5.69 Å². The summed E-state index contributed by atoms with van der Waals surface area (Å²) < 4.78 is 6.04. The van der Waals surface area contributed by atoms with Gasteiger partial charge < -0.3 is 4.74 Å². The van der Waals surface area contributed by atoms with Gasteiger partial charge in [-0.3, -0.25) is 0 Å². The van der Waals surface area contributed by atoms with Gasteiger partial charge in [-0.25, -0.2) is 4.98 Å². The standard InChI is InChI=1S/C23H18ClNOS/c1-16-9-13-20(27-16)14-12-19-11-10-17-6-4-8-22(23(17)25-19)26-15-18-5-2-3-7-21(18)24/h2-14H,15H2,1H3/b14-12+. The minimum absolute atomic E-state index is 0.412. The van der Waals surface area contributed by atoms with E-state index in [1.54, 1.807) is 11.3 Å². The van der Waals surface area contributed by atoms with Crippen molar-refractivity contribution < 1.29 is 4.74 Å². The fraction of sp³-hybridized carbons (Fsp3) is 0.0870. The van der Waals surface area contributed by atoms with Crippen molar-refractivity contribution in [2.24, 2.45) is 0 Å². The van der Waals surface area contributed by atoms with Crippen LogP contribution in [0.15, 0.2) is 66.7 Å². The summed E-state index contributed by atoms with van der Waals surface area (Å²) in [5.41, 5.74) is 2.72. The third-order valence-electron chi connectivity index (χ3n) is 4.23. The predicted octanol–water partition coefficient (Wildman–Crippen LogP) is 7.01. The number of fused-ring (bicyclic) bond motifs is 1. The first-order valence-electron chi connectivity index (χ1n) is 8.69. The molecule has 0 aliphatic rings. The van der Waals surface area contributed by atoms with Gasteiger partial charge in [0.25, 0.3) is 0 Å². The van der Waals surface area contributed by atoms with Crippen molar-refractivity contribution in [2.75, 3.05) is 0 Å². The van der Waals surface area contributed by atoms with E-state index in [0.717, 1.165) is 27.9 Å². The van der Waals surface area contributed by atoms with Crippen molar-refractivity contribution in [3.8, 4) is 5.75 Å². The van der Waals surface area contributed by atoms with Crippen LogP contribution in [-0.4, -0.2) is 4.98 Å². The second-order valence-corrected chi connectivity index (χ2v) is 7.95. The largest absolute Gasteiger partial charge is 0.487 e. The lowest BCUT2D eigenvalue weighted by molar-refractivity contribution is 0.309. The molecule has 0 saturated carbocycles. The molecule has 0 unspecified atom stereocenters. The van der Waals surface area contributed by atoms with Crippen molar-refractivity contribution in [3.05, 3.63) is 92.8 Å². The second-order valence-electron chi connectivity index (χ2n) is 6.23. The summed E-state index contributed by atoms with van der Waals surface area (Å²) in [5, 5.41) is 1.76. The quantitative estimate of drug-likeness (QED) is 0.365. The molecule has 4 rings (SSSR count). The highest BCUT2D eigenvalue weighted by atomic mass is 35.5. The smallest absolute Gasteiger partial charge is 0.146 e. The molecule has 0 spiro atoms. The van der Waals surface area contributed by atoms with Crippen LogP contribution in [0.2, 0.25) is 5.02 Å². The Kier molecular flexibility index (Phi) is 5.23. The van der Waals surface area contributed by atoms with E-state index in [0.29, 0.717) is 11.6 Å². The van der Waals surface area contributed by atoms with E-state index in [4.69, 9.17) is 21.3 Å². The average molecular weight is 392 g/mol. The first-order valence-corrected chi connectivity index (χ1v) is 9.89. The molecule has 134 valence electrons. The topological polar surface area (TPSA) is 22.1 Å². The number of pyridine rings is 1. The summed E-state index contributed by atoms with van der Waals surface area (Å²) in [6.07, 6.45) is 4.13. The van der Waals surface area contributed by atoms with E-state index < -0.39 is 0 Å². The van der Waals surface area contributed by atoms with E-state index >= 15 is 0 Å². The number of rotatable bonds is 5. The molecule has 0 saturated heterocycles. The zero-order valence-electron chi connectivity index (χ0n) is 14.9. The predicted molar refractivity (Wildman–Crippen MR) is 116 cm³/mol.